The van der Waals surface area contributed by atoms with Crippen LogP contribution in [0.2, 0.25) is 0 Å². The van der Waals surface area contributed by atoms with E-state index in [4.69, 9.17) is 0 Å². The van der Waals surface area contributed by atoms with Crippen LogP contribution in [-0.4, -0.2) is 11.2 Å². The summed E-state index contributed by atoms with van der Waals surface area (Å²) in [7, 11) is 0. The summed E-state index contributed by atoms with van der Waals surface area (Å²) in [4.78, 5) is 12.3. The highest BCUT2D eigenvalue weighted by Crippen LogP contribution is 2.33. The molecule has 0 saturated heterocycles. The summed E-state index contributed by atoms with van der Waals surface area (Å²) in [6.45, 7) is 1.54. The van der Waals surface area contributed by atoms with Crippen LogP contribution < -0.4 is 5.32 Å². The molecule has 0 heterocycles. The quantitative estimate of drug-likeness (QED) is 0.628. The zero-order valence-electron chi connectivity index (χ0n) is 12.0. The number of amides is 1. The molecule has 2 rings (SSSR count). The lowest BCUT2D eigenvalue weighted by molar-refractivity contribution is -0.137. The van der Waals surface area contributed by atoms with E-state index in [0.717, 1.165) is 23.9 Å². The van der Waals surface area contributed by atoms with Gasteiger partial charge in [-0.2, -0.15) is 13.2 Å². The van der Waals surface area contributed by atoms with Gasteiger partial charge < -0.3 is 5.32 Å². The van der Waals surface area contributed by atoms with E-state index in [1.54, 1.807) is 13.0 Å². The smallest absolute Gasteiger partial charge is 0.323 e. The standard InChI is InChI=1S/C16H13F4NOS/c1-10(15(22)21-14-8-3-2-7-13(14)17)23-12-6-4-5-11(9-12)16(18,19)20/h2-10H,1H3,(H,21,22)/t10-/m1/s1. The second-order valence-electron chi connectivity index (χ2n) is 4.75. The molecule has 23 heavy (non-hydrogen) atoms. The average molecular weight is 343 g/mol. The molecule has 122 valence electrons. The summed E-state index contributed by atoms with van der Waals surface area (Å²) < 4.78 is 51.5. The van der Waals surface area contributed by atoms with Gasteiger partial charge in [0.2, 0.25) is 5.91 Å². The average Bonchev–Trinajstić information content (AvgIpc) is 2.49. The molecule has 0 aliphatic carbocycles. The van der Waals surface area contributed by atoms with E-state index in [0.29, 0.717) is 4.90 Å². The maximum Gasteiger partial charge on any atom is 0.416 e. The highest BCUT2D eigenvalue weighted by molar-refractivity contribution is 8.00. The van der Waals surface area contributed by atoms with Gasteiger partial charge in [-0.25, -0.2) is 4.39 Å². The van der Waals surface area contributed by atoms with Crippen molar-refractivity contribution in [1.29, 1.82) is 0 Å². The predicted molar refractivity (Wildman–Crippen MR) is 81.8 cm³/mol. The molecule has 1 amide bonds. The minimum Gasteiger partial charge on any atom is -0.323 e. The summed E-state index contributed by atoms with van der Waals surface area (Å²) in [5, 5.41) is 1.74. The van der Waals surface area contributed by atoms with Gasteiger partial charge >= 0.3 is 6.18 Å². The second kappa shape index (κ2) is 7.04. The lowest BCUT2D eigenvalue weighted by atomic mass is 10.2. The minimum absolute atomic E-state index is 0.0361. The van der Waals surface area contributed by atoms with E-state index in [9.17, 15) is 22.4 Å². The number of nitrogens with one attached hydrogen (secondary N) is 1. The van der Waals surface area contributed by atoms with Crippen LogP contribution in [0, 0.1) is 5.82 Å². The Bertz CT molecular complexity index is 702. The monoisotopic (exact) mass is 343 g/mol. The number of hydrogen-bond acceptors (Lipinski definition) is 2. The minimum atomic E-state index is -4.44. The topological polar surface area (TPSA) is 29.1 Å². The normalized spacial score (nSPS) is 12.7. The molecule has 2 aromatic rings. The summed E-state index contributed by atoms with van der Waals surface area (Å²) in [6, 6.07) is 10.4. The Balaban J connectivity index is 2.05. The van der Waals surface area contributed by atoms with Crippen molar-refractivity contribution in [3.63, 3.8) is 0 Å². The van der Waals surface area contributed by atoms with Crippen LogP contribution >= 0.6 is 11.8 Å². The zero-order valence-corrected chi connectivity index (χ0v) is 12.8. The van der Waals surface area contributed by atoms with Gasteiger partial charge in [0.1, 0.15) is 5.82 Å². The molecule has 2 nitrogen and oxygen atoms in total. The number of halogens is 4. The van der Waals surface area contributed by atoms with Gasteiger partial charge in [-0.05, 0) is 37.3 Å². The molecule has 0 aliphatic heterocycles. The number of anilines is 1. The van der Waals surface area contributed by atoms with Crippen LogP contribution in [0.5, 0.6) is 0 Å². The fraction of sp³-hybridized carbons (Fsp3) is 0.188. The highest BCUT2D eigenvalue weighted by Gasteiger charge is 2.30. The van der Waals surface area contributed by atoms with Gasteiger partial charge in [0, 0.05) is 4.90 Å². The molecular weight excluding hydrogens is 330 g/mol. The number of carbonyl (C=O) groups excluding carboxylic acids is 1. The summed E-state index contributed by atoms with van der Waals surface area (Å²) >= 11 is 0.973. The van der Waals surface area contributed by atoms with Gasteiger partial charge in [-0.3, -0.25) is 4.79 Å². The van der Waals surface area contributed by atoms with Crippen LogP contribution in [-0.2, 0) is 11.0 Å². The molecule has 2 aromatic carbocycles. The van der Waals surface area contributed by atoms with Crippen molar-refractivity contribution in [2.45, 2.75) is 23.2 Å². The maximum atomic E-state index is 13.5. The van der Waals surface area contributed by atoms with Crippen LogP contribution in [0.4, 0.5) is 23.2 Å². The molecule has 0 unspecified atom stereocenters. The predicted octanol–water partition coefficient (Wildman–Crippen LogP) is 4.96. The van der Waals surface area contributed by atoms with E-state index in [1.807, 2.05) is 0 Å². The number of para-hydroxylation sites is 1. The fourth-order valence-corrected chi connectivity index (χ4v) is 2.73. The molecule has 0 saturated carbocycles. The third-order valence-corrected chi connectivity index (χ3v) is 4.07. The molecule has 0 fully saturated rings. The van der Waals surface area contributed by atoms with Gasteiger partial charge in [0.15, 0.2) is 0 Å². The third kappa shape index (κ3) is 4.72. The first-order valence-corrected chi connectivity index (χ1v) is 7.54. The number of thioether (sulfide) groups is 1. The summed E-state index contributed by atoms with van der Waals surface area (Å²) in [6.07, 6.45) is -4.44. The number of carbonyl (C=O) groups is 1. The van der Waals surface area contributed by atoms with Crippen LogP contribution in [0.25, 0.3) is 0 Å². The molecule has 1 N–H and O–H groups in total. The number of benzene rings is 2. The second-order valence-corrected chi connectivity index (χ2v) is 6.17. The first kappa shape index (κ1) is 17.3. The molecule has 0 aromatic heterocycles. The van der Waals surface area contributed by atoms with Crippen molar-refractivity contribution in [1.82, 2.24) is 0 Å². The van der Waals surface area contributed by atoms with Gasteiger partial charge in [0.05, 0.1) is 16.5 Å². The summed E-state index contributed by atoms with van der Waals surface area (Å²) in [5.41, 5.74) is -0.738. The van der Waals surface area contributed by atoms with Crippen molar-refractivity contribution >= 4 is 23.4 Å². The zero-order chi connectivity index (χ0) is 17.0. The lowest BCUT2D eigenvalue weighted by Crippen LogP contribution is -2.23. The SMILES string of the molecule is C[C@@H](Sc1cccc(C(F)(F)F)c1)C(=O)Nc1ccccc1F. The summed E-state index contributed by atoms with van der Waals surface area (Å²) in [5.74, 6) is -1.06. The lowest BCUT2D eigenvalue weighted by Gasteiger charge is -2.13. The van der Waals surface area contributed by atoms with E-state index < -0.39 is 28.7 Å². The molecule has 0 bridgehead atoms. The number of alkyl halides is 3. The van der Waals surface area contributed by atoms with Crippen LogP contribution in [0.3, 0.4) is 0 Å². The van der Waals surface area contributed by atoms with Gasteiger partial charge in [0.25, 0.3) is 0 Å². The van der Waals surface area contributed by atoms with E-state index in [2.05, 4.69) is 5.32 Å². The maximum absolute atomic E-state index is 13.5. The molecule has 0 spiro atoms. The van der Waals surface area contributed by atoms with Gasteiger partial charge in [-0.1, -0.05) is 18.2 Å². The fourth-order valence-electron chi connectivity index (χ4n) is 1.80. The van der Waals surface area contributed by atoms with Crippen molar-refractivity contribution in [2.24, 2.45) is 0 Å². The van der Waals surface area contributed by atoms with Crippen molar-refractivity contribution in [2.75, 3.05) is 5.32 Å². The molecular formula is C16H13F4NOS. The van der Waals surface area contributed by atoms with Crippen molar-refractivity contribution in [3.8, 4) is 0 Å². The third-order valence-electron chi connectivity index (χ3n) is 2.98. The van der Waals surface area contributed by atoms with E-state index >= 15 is 0 Å². The highest BCUT2D eigenvalue weighted by atomic mass is 32.2. The molecule has 0 radical (unpaired) electrons. The van der Waals surface area contributed by atoms with E-state index in [1.165, 1.54) is 30.3 Å². The Kier molecular flexibility index (Phi) is 5.30. The van der Waals surface area contributed by atoms with Crippen molar-refractivity contribution in [3.05, 3.63) is 59.9 Å². The van der Waals surface area contributed by atoms with Crippen molar-refractivity contribution < 1.29 is 22.4 Å². The number of hydrogen-bond donors (Lipinski definition) is 1. The number of rotatable bonds is 4. The Morgan fingerprint density at radius 2 is 1.83 bits per heavy atom. The Morgan fingerprint density at radius 3 is 2.48 bits per heavy atom. The molecule has 0 aliphatic rings. The van der Waals surface area contributed by atoms with Crippen LogP contribution in [0.1, 0.15) is 12.5 Å². The molecule has 7 heteroatoms. The first-order chi connectivity index (χ1) is 10.8. The Morgan fingerprint density at radius 1 is 1.13 bits per heavy atom. The van der Waals surface area contributed by atoms with E-state index in [-0.39, 0.29) is 5.69 Å². The Hall–Kier alpha value is -2.02. The van der Waals surface area contributed by atoms with Crippen LogP contribution in [0.15, 0.2) is 53.4 Å². The molecule has 1 atom stereocenters. The first-order valence-electron chi connectivity index (χ1n) is 6.66. The Labute approximate surface area is 134 Å². The van der Waals surface area contributed by atoms with Gasteiger partial charge in [-0.15, -0.1) is 11.8 Å². The largest absolute Gasteiger partial charge is 0.416 e.